The van der Waals surface area contributed by atoms with Gasteiger partial charge in [-0.2, -0.15) is 0 Å². The van der Waals surface area contributed by atoms with Crippen LogP contribution in [0, 0.1) is 0 Å². The fraction of sp³-hybridized carbons (Fsp3) is 0.0800. The number of fused-ring (bicyclic) bond motifs is 1. The number of carbonyl (C=O) groups excluding carboxylic acids is 1. The Morgan fingerprint density at radius 3 is 2.22 bits per heavy atom. The molecule has 0 saturated carbocycles. The summed E-state index contributed by atoms with van der Waals surface area (Å²) in [6, 6.07) is 24.5. The first-order chi connectivity index (χ1) is 17.0. The van der Waals surface area contributed by atoms with Gasteiger partial charge in [0.1, 0.15) is 6.54 Å². The van der Waals surface area contributed by atoms with Crippen LogP contribution in [-0.2, 0) is 24.8 Å². The van der Waals surface area contributed by atoms with Gasteiger partial charge in [0, 0.05) is 16.1 Å². The molecular weight excluding hydrogens is 522 g/mol. The molecule has 2 N–H and O–H groups in total. The van der Waals surface area contributed by atoms with Gasteiger partial charge >= 0.3 is 0 Å². The van der Waals surface area contributed by atoms with Crippen LogP contribution in [0.1, 0.15) is 0 Å². The molecule has 0 fully saturated rings. The number of carbonyl (C=O) groups is 1. The number of rotatable bonds is 8. The summed E-state index contributed by atoms with van der Waals surface area (Å²) < 4.78 is 53.9. The summed E-state index contributed by atoms with van der Waals surface area (Å²) in [5.74, 6) is -0.607. The van der Waals surface area contributed by atoms with E-state index in [0.717, 1.165) is 21.3 Å². The van der Waals surface area contributed by atoms with Crippen LogP contribution in [0.15, 0.2) is 95.9 Å². The van der Waals surface area contributed by atoms with E-state index in [1.54, 1.807) is 24.3 Å². The summed E-state index contributed by atoms with van der Waals surface area (Å²) in [5, 5.41) is 4.58. The maximum absolute atomic E-state index is 12.9. The maximum atomic E-state index is 12.9. The van der Waals surface area contributed by atoms with Crippen molar-refractivity contribution in [1.29, 1.82) is 0 Å². The van der Waals surface area contributed by atoms with E-state index in [2.05, 4.69) is 10.0 Å². The van der Waals surface area contributed by atoms with Crippen LogP contribution in [0.3, 0.4) is 0 Å². The molecule has 0 bridgehead atoms. The van der Waals surface area contributed by atoms with Gasteiger partial charge < -0.3 is 5.32 Å². The quantitative estimate of drug-likeness (QED) is 0.334. The molecule has 0 aliphatic rings. The largest absolute Gasteiger partial charge is 0.325 e. The second-order valence-electron chi connectivity index (χ2n) is 7.95. The first kappa shape index (κ1) is 25.5. The average Bonchev–Trinajstić information content (AvgIpc) is 2.82. The molecule has 186 valence electrons. The van der Waals surface area contributed by atoms with Crippen molar-refractivity contribution < 1.29 is 21.6 Å². The van der Waals surface area contributed by atoms with E-state index in [4.69, 9.17) is 11.6 Å². The summed E-state index contributed by atoms with van der Waals surface area (Å²) in [6.45, 7) is -0.484. The fourth-order valence-electron chi connectivity index (χ4n) is 3.60. The number of benzene rings is 4. The molecule has 0 spiro atoms. The van der Waals surface area contributed by atoms with Crippen molar-refractivity contribution in [3.05, 3.63) is 96.0 Å². The molecule has 11 heteroatoms. The first-order valence-electron chi connectivity index (χ1n) is 10.7. The van der Waals surface area contributed by atoms with Crippen molar-refractivity contribution in [3.63, 3.8) is 0 Å². The van der Waals surface area contributed by atoms with E-state index in [-0.39, 0.29) is 10.6 Å². The van der Waals surface area contributed by atoms with Crippen molar-refractivity contribution >= 4 is 65.4 Å². The Hall–Kier alpha value is -3.60. The second kappa shape index (κ2) is 10.2. The summed E-state index contributed by atoms with van der Waals surface area (Å²) >= 11 is 5.96. The van der Waals surface area contributed by atoms with Gasteiger partial charge in [0.25, 0.3) is 10.0 Å². The Bertz CT molecular complexity index is 1630. The average molecular weight is 544 g/mol. The van der Waals surface area contributed by atoms with Crippen molar-refractivity contribution in [2.24, 2.45) is 0 Å². The Labute approximate surface area is 214 Å². The molecule has 0 unspecified atom stereocenters. The van der Waals surface area contributed by atoms with E-state index >= 15 is 0 Å². The second-order valence-corrected chi connectivity index (χ2v) is 12.0. The van der Waals surface area contributed by atoms with Crippen LogP contribution in [0.25, 0.3) is 10.8 Å². The van der Waals surface area contributed by atoms with Gasteiger partial charge in [0.15, 0.2) is 0 Å². The molecule has 0 radical (unpaired) electrons. The van der Waals surface area contributed by atoms with E-state index < -0.39 is 32.5 Å². The zero-order chi connectivity index (χ0) is 25.9. The third-order valence-corrected chi connectivity index (χ3v) is 8.02. The van der Waals surface area contributed by atoms with E-state index in [1.165, 1.54) is 36.4 Å². The highest BCUT2D eigenvalue weighted by Crippen LogP contribution is 2.26. The minimum absolute atomic E-state index is 0.00474. The monoisotopic (exact) mass is 543 g/mol. The topological polar surface area (TPSA) is 113 Å². The van der Waals surface area contributed by atoms with Crippen LogP contribution >= 0.6 is 11.6 Å². The molecule has 4 rings (SSSR count). The highest BCUT2D eigenvalue weighted by Gasteiger charge is 2.21. The Kier molecular flexibility index (Phi) is 7.21. The fourth-order valence-corrected chi connectivity index (χ4v) is 5.71. The summed E-state index contributed by atoms with van der Waals surface area (Å²) in [6.07, 6.45) is 0.990. The van der Waals surface area contributed by atoms with Gasteiger partial charge in [-0.1, -0.05) is 54.1 Å². The lowest BCUT2D eigenvalue weighted by atomic mass is 10.1. The number of halogens is 1. The molecule has 1 amide bonds. The Morgan fingerprint density at radius 1 is 0.861 bits per heavy atom. The third kappa shape index (κ3) is 5.96. The van der Waals surface area contributed by atoms with Crippen LogP contribution in [0.4, 0.5) is 17.1 Å². The van der Waals surface area contributed by atoms with E-state index in [0.29, 0.717) is 16.4 Å². The number of nitrogens with zero attached hydrogens (tertiary/aromatic N) is 1. The summed E-state index contributed by atoms with van der Waals surface area (Å²) in [4.78, 5) is 12.6. The van der Waals surface area contributed by atoms with Crippen LogP contribution < -0.4 is 14.3 Å². The lowest BCUT2D eigenvalue weighted by Crippen LogP contribution is -2.37. The molecule has 0 aliphatic carbocycles. The zero-order valence-corrected chi connectivity index (χ0v) is 21.4. The summed E-state index contributed by atoms with van der Waals surface area (Å²) in [5.41, 5.74) is 1.01. The molecule has 0 aromatic heterocycles. The Morgan fingerprint density at radius 2 is 1.53 bits per heavy atom. The van der Waals surface area contributed by atoms with Crippen LogP contribution in [0.5, 0.6) is 0 Å². The molecule has 4 aromatic carbocycles. The predicted octanol–water partition coefficient (Wildman–Crippen LogP) is 4.70. The Balaban J connectivity index is 1.48. The van der Waals surface area contributed by atoms with Crippen molar-refractivity contribution in [2.45, 2.75) is 4.90 Å². The number of hydrogen-bond donors (Lipinski definition) is 2. The standard InChI is InChI=1S/C25H22ClN3O5S2/c1-35(31,32)29(21-9-5-8-19(26)16-21)17-25(30)27-20-12-14-22(15-13-20)36(33,34)28-24-11-4-7-18-6-2-3-10-23(18)24/h2-16,28H,17H2,1H3,(H,27,30). The lowest BCUT2D eigenvalue weighted by Gasteiger charge is -2.22. The zero-order valence-electron chi connectivity index (χ0n) is 19.1. The van der Waals surface area contributed by atoms with Crippen LogP contribution in [0.2, 0.25) is 5.02 Å². The number of anilines is 3. The van der Waals surface area contributed by atoms with E-state index in [9.17, 15) is 21.6 Å². The number of hydrogen-bond acceptors (Lipinski definition) is 5. The molecular formula is C25H22ClN3O5S2. The van der Waals surface area contributed by atoms with Gasteiger partial charge in [-0.25, -0.2) is 16.8 Å². The van der Waals surface area contributed by atoms with Gasteiger partial charge in [-0.15, -0.1) is 0 Å². The lowest BCUT2D eigenvalue weighted by molar-refractivity contribution is -0.114. The van der Waals surface area contributed by atoms with E-state index in [1.807, 2.05) is 30.3 Å². The number of nitrogens with one attached hydrogen (secondary N) is 2. The van der Waals surface area contributed by atoms with Crippen molar-refractivity contribution in [2.75, 3.05) is 27.1 Å². The third-order valence-electron chi connectivity index (χ3n) is 5.27. The van der Waals surface area contributed by atoms with Crippen molar-refractivity contribution in [3.8, 4) is 0 Å². The van der Waals surface area contributed by atoms with Gasteiger partial charge in [-0.3, -0.25) is 13.8 Å². The molecule has 4 aromatic rings. The molecule has 0 atom stereocenters. The molecule has 0 saturated heterocycles. The predicted molar refractivity (Wildman–Crippen MR) is 143 cm³/mol. The first-order valence-corrected chi connectivity index (χ1v) is 14.4. The van der Waals surface area contributed by atoms with Gasteiger partial charge in [0.05, 0.1) is 22.5 Å². The minimum atomic E-state index is -3.89. The molecule has 36 heavy (non-hydrogen) atoms. The minimum Gasteiger partial charge on any atom is -0.325 e. The number of amides is 1. The molecule has 0 aliphatic heterocycles. The van der Waals surface area contributed by atoms with Crippen molar-refractivity contribution in [1.82, 2.24) is 0 Å². The van der Waals surface area contributed by atoms with Gasteiger partial charge in [0.2, 0.25) is 15.9 Å². The molecule has 0 heterocycles. The smallest absolute Gasteiger partial charge is 0.261 e. The normalized spacial score (nSPS) is 11.7. The number of sulfonamides is 2. The van der Waals surface area contributed by atoms with Gasteiger partial charge in [-0.05, 0) is 53.9 Å². The SMILES string of the molecule is CS(=O)(=O)N(CC(=O)Nc1ccc(S(=O)(=O)Nc2cccc3ccccc23)cc1)c1cccc(Cl)c1. The summed E-state index contributed by atoms with van der Waals surface area (Å²) in [7, 11) is -7.66. The van der Waals surface area contributed by atoms with Crippen LogP contribution in [-0.4, -0.2) is 35.5 Å². The maximum Gasteiger partial charge on any atom is 0.261 e. The highest BCUT2D eigenvalue weighted by atomic mass is 35.5. The highest BCUT2D eigenvalue weighted by molar-refractivity contribution is 7.92. The molecule has 8 nitrogen and oxygen atoms in total.